The lowest BCUT2D eigenvalue weighted by atomic mass is 10.1. The molecule has 0 aromatic heterocycles. The maximum Gasteiger partial charge on any atom is 0.249 e. The minimum atomic E-state index is -1.10. The molecule has 0 aliphatic rings. The van der Waals surface area contributed by atoms with Crippen molar-refractivity contribution in [3.05, 3.63) is 24.3 Å². The van der Waals surface area contributed by atoms with E-state index in [1.165, 1.54) is 70.6 Å². The van der Waals surface area contributed by atoms with Crippen molar-refractivity contribution in [1.29, 1.82) is 0 Å². The van der Waals surface area contributed by atoms with Crippen molar-refractivity contribution in [3.8, 4) is 0 Å². The van der Waals surface area contributed by atoms with Crippen LogP contribution in [0.15, 0.2) is 24.3 Å². The minimum absolute atomic E-state index is 0.375. The summed E-state index contributed by atoms with van der Waals surface area (Å²) < 4.78 is 0. The van der Waals surface area contributed by atoms with E-state index >= 15 is 0 Å². The SMILES string of the molecule is CCCCCCCCCC=CCCC=CC(O)C(CO)NC(=O)C(O)CCCCCCCCC. The third kappa shape index (κ3) is 20.2. The molecule has 0 fully saturated rings. The van der Waals surface area contributed by atoms with Crippen LogP contribution in [0, 0.1) is 0 Å². The number of amides is 1. The molecule has 3 atom stereocenters. The van der Waals surface area contributed by atoms with Crippen LogP contribution in [-0.2, 0) is 4.79 Å². The van der Waals surface area contributed by atoms with Crippen LogP contribution in [0.2, 0.25) is 0 Å². The number of aliphatic hydroxyl groups is 3. The second-order valence-corrected chi connectivity index (χ2v) is 9.60. The number of hydrogen-bond acceptors (Lipinski definition) is 4. The molecule has 0 heterocycles. The molecular formula is C29H55NO4. The monoisotopic (exact) mass is 481 g/mol. The average molecular weight is 482 g/mol. The average Bonchev–Trinajstić information content (AvgIpc) is 2.84. The molecule has 0 aliphatic heterocycles. The van der Waals surface area contributed by atoms with Gasteiger partial charge >= 0.3 is 0 Å². The van der Waals surface area contributed by atoms with E-state index in [1.54, 1.807) is 6.08 Å². The third-order valence-corrected chi connectivity index (χ3v) is 6.29. The topological polar surface area (TPSA) is 89.8 Å². The Balaban J connectivity index is 3.93. The molecule has 0 aliphatic carbocycles. The van der Waals surface area contributed by atoms with Crippen molar-refractivity contribution in [2.45, 2.75) is 148 Å². The van der Waals surface area contributed by atoms with Gasteiger partial charge in [-0.15, -0.1) is 0 Å². The van der Waals surface area contributed by atoms with E-state index in [9.17, 15) is 20.1 Å². The Hall–Kier alpha value is -1.17. The molecule has 0 bridgehead atoms. The number of allylic oxidation sites excluding steroid dienone is 3. The maximum absolute atomic E-state index is 12.2. The van der Waals surface area contributed by atoms with Gasteiger partial charge in [0.2, 0.25) is 5.91 Å². The van der Waals surface area contributed by atoms with Gasteiger partial charge in [-0.25, -0.2) is 0 Å². The first-order chi connectivity index (χ1) is 16.6. The second-order valence-electron chi connectivity index (χ2n) is 9.60. The Labute approximate surface area is 210 Å². The van der Waals surface area contributed by atoms with Gasteiger partial charge in [0.1, 0.15) is 6.10 Å². The van der Waals surface area contributed by atoms with E-state index in [2.05, 4.69) is 31.3 Å². The normalized spacial score (nSPS) is 14.6. The van der Waals surface area contributed by atoms with Crippen molar-refractivity contribution in [3.63, 3.8) is 0 Å². The molecule has 34 heavy (non-hydrogen) atoms. The van der Waals surface area contributed by atoms with Crippen molar-refractivity contribution >= 4 is 5.91 Å². The first-order valence-corrected chi connectivity index (χ1v) is 14.2. The Morgan fingerprint density at radius 1 is 0.706 bits per heavy atom. The molecule has 0 aromatic rings. The van der Waals surface area contributed by atoms with Crippen LogP contribution in [-0.4, -0.2) is 46.1 Å². The van der Waals surface area contributed by atoms with Gasteiger partial charge in [-0.1, -0.05) is 122 Å². The summed E-state index contributed by atoms with van der Waals surface area (Å²) in [5.41, 5.74) is 0. The molecule has 0 aromatic carbocycles. The molecule has 0 saturated carbocycles. The van der Waals surface area contributed by atoms with Crippen molar-refractivity contribution < 1.29 is 20.1 Å². The number of carbonyl (C=O) groups is 1. The van der Waals surface area contributed by atoms with Crippen LogP contribution in [0.3, 0.4) is 0 Å². The number of rotatable bonds is 24. The smallest absolute Gasteiger partial charge is 0.249 e. The van der Waals surface area contributed by atoms with Gasteiger partial charge in [0.25, 0.3) is 0 Å². The second kappa shape index (κ2) is 24.9. The summed E-state index contributed by atoms with van der Waals surface area (Å²) in [5, 5.41) is 32.5. The van der Waals surface area contributed by atoms with Crippen LogP contribution < -0.4 is 5.32 Å². The van der Waals surface area contributed by atoms with E-state index in [0.29, 0.717) is 6.42 Å². The van der Waals surface area contributed by atoms with Crippen molar-refractivity contribution in [2.75, 3.05) is 6.61 Å². The van der Waals surface area contributed by atoms with E-state index < -0.39 is 24.2 Å². The Kier molecular flexibility index (Phi) is 24.1. The summed E-state index contributed by atoms with van der Waals surface area (Å²) >= 11 is 0. The molecule has 4 N–H and O–H groups in total. The number of nitrogens with one attached hydrogen (secondary N) is 1. The highest BCUT2D eigenvalue weighted by molar-refractivity contribution is 5.80. The van der Waals surface area contributed by atoms with Crippen LogP contribution in [0.5, 0.6) is 0 Å². The fourth-order valence-corrected chi connectivity index (χ4v) is 3.96. The van der Waals surface area contributed by atoms with Gasteiger partial charge in [-0.05, 0) is 32.1 Å². The fourth-order valence-electron chi connectivity index (χ4n) is 3.96. The zero-order valence-corrected chi connectivity index (χ0v) is 22.2. The molecule has 5 heteroatoms. The Morgan fingerprint density at radius 3 is 1.79 bits per heavy atom. The van der Waals surface area contributed by atoms with Crippen molar-refractivity contribution in [1.82, 2.24) is 5.32 Å². The third-order valence-electron chi connectivity index (χ3n) is 6.29. The van der Waals surface area contributed by atoms with Gasteiger partial charge in [-0.3, -0.25) is 4.79 Å². The maximum atomic E-state index is 12.2. The largest absolute Gasteiger partial charge is 0.394 e. The van der Waals surface area contributed by atoms with Gasteiger partial charge in [0.05, 0.1) is 18.8 Å². The summed E-state index contributed by atoms with van der Waals surface area (Å²) in [6.07, 6.45) is 26.3. The Bertz CT molecular complexity index is 506. The highest BCUT2D eigenvalue weighted by atomic mass is 16.3. The zero-order chi connectivity index (χ0) is 25.3. The number of hydrogen-bond donors (Lipinski definition) is 4. The zero-order valence-electron chi connectivity index (χ0n) is 22.2. The highest BCUT2D eigenvalue weighted by Gasteiger charge is 2.22. The molecule has 0 saturated heterocycles. The lowest BCUT2D eigenvalue weighted by molar-refractivity contribution is -0.131. The van der Waals surface area contributed by atoms with E-state index in [4.69, 9.17) is 0 Å². The quantitative estimate of drug-likeness (QED) is 0.0954. The number of aliphatic hydroxyl groups excluding tert-OH is 3. The molecule has 200 valence electrons. The first-order valence-electron chi connectivity index (χ1n) is 14.2. The van der Waals surface area contributed by atoms with Crippen LogP contribution >= 0.6 is 0 Å². The number of unbranched alkanes of at least 4 members (excludes halogenated alkanes) is 14. The highest BCUT2D eigenvalue weighted by Crippen LogP contribution is 2.11. The lowest BCUT2D eigenvalue weighted by Gasteiger charge is -2.21. The molecule has 0 rings (SSSR count). The van der Waals surface area contributed by atoms with E-state index in [1.807, 2.05) is 6.08 Å². The van der Waals surface area contributed by atoms with Gasteiger partial charge in [-0.2, -0.15) is 0 Å². The Morgan fingerprint density at radius 2 is 1.21 bits per heavy atom. The lowest BCUT2D eigenvalue weighted by Crippen LogP contribution is -2.48. The van der Waals surface area contributed by atoms with Gasteiger partial charge in [0.15, 0.2) is 0 Å². The van der Waals surface area contributed by atoms with Crippen LogP contribution in [0.25, 0.3) is 0 Å². The molecular weight excluding hydrogens is 426 g/mol. The van der Waals surface area contributed by atoms with E-state index in [-0.39, 0.29) is 6.61 Å². The fraction of sp³-hybridized carbons (Fsp3) is 0.828. The number of carbonyl (C=O) groups excluding carboxylic acids is 1. The summed E-state index contributed by atoms with van der Waals surface area (Å²) in [6, 6.07) is -0.805. The van der Waals surface area contributed by atoms with Crippen LogP contribution in [0.4, 0.5) is 0 Å². The summed E-state index contributed by atoms with van der Waals surface area (Å²) in [5.74, 6) is -0.522. The van der Waals surface area contributed by atoms with Crippen molar-refractivity contribution in [2.24, 2.45) is 0 Å². The summed E-state index contributed by atoms with van der Waals surface area (Å²) in [7, 11) is 0. The standard InChI is InChI=1S/C29H55NO4/c1-3-5-7-9-11-12-13-14-15-16-18-19-21-23-27(32)26(25-31)30-29(34)28(33)24-22-20-17-10-8-6-4-2/h15-16,21,23,26-28,31-33H,3-14,17-20,22,24-25H2,1-2H3,(H,30,34). The van der Waals surface area contributed by atoms with Gasteiger partial charge < -0.3 is 20.6 Å². The molecule has 0 radical (unpaired) electrons. The molecule has 3 unspecified atom stereocenters. The predicted octanol–water partition coefficient (Wildman–Crippen LogP) is 6.36. The minimum Gasteiger partial charge on any atom is -0.394 e. The predicted molar refractivity (Wildman–Crippen MR) is 144 cm³/mol. The first kappa shape index (κ1) is 32.8. The molecule has 1 amide bonds. The van der Waals surface area contributed by atoms with Crippen LogP contribution in [0.1, 0.15) is 129 Å². The summed E-state index contributed by atoms with van der Waals surface area (Å²) in [6.45, 7) is 4.06. The van der Waals surface area contributed by atoms with E-state index in [0.717, 1.165) is 38.5 Å². The van der Waals surface area contributed by atoms with Gasteiger partial charge in [0, 0.05) is 0 Å². The molecule has 0 spiro atoms. The summed E-state index contributed by atoms with van der Waals surface area (Å²) in [4.78, 5) is 12.2. The molecule has 5 nitrogen and oxygen atoms in total.